The molecule has 106 valence electrons. The summed E-state index contributed by atoms with van der Waals surface area (Å²) in [6.07, 6.45) is 0. The summed E-state index contributed by atoms with van der Waals surface area (Å²) in [6, 6.07) is 9.28. The molecule has 1 atom stereocenters. The van der Waals surface area contributed by atoms with E-state index >= 15 is 0 Å². The summed E-state index contributed by atoms with van der Waals surface area (Å²) in [5.41, 5.74) is 6.61. The number of nitrogen functional groups attached to an aromatic ring is 1. The molecule has 0 saturated heterocycles. The van der Waals surface area contributed by atoms with E-state index in [1.54, 1.807) is 4.90 Å². The van der Waals surface area contributed by atoms with Crippen LogP contribution >= 0.6 is 0 Å². The van der Waals surface area contributed by atoms with Gasteiger partial charge in [0.05, 0.1) is 12.6 Å². The van der Waals surface area contributed by atoms with Gasteiger partial charge < -0.3 is 21.1 Å². The summed E-state index contributed by atoms with van der Waals surface area (Å²) < 4.78 is 0. The van der Waals surface area contributed by atoms with Crippen molar-refractivity contribution in [2.75, 3.05) is 36.7 Å². The fraction of sp³-hybridized carbons (Fsp3) is 0.308. The minimum atomic E-state index is -0.298. The topological polar surface area (TPSA) is 100 Å². The molecule has 0 aliphatic rings. The molecule has 0 aliphatic heterocycles. The first-order valence-electron chi connectivity index (χ1n) is 6.21. The van der Waals surface area contributed by atoms with Crippen molar-refractivity contribution in [1.29, 1.82) is 0 Å². The van der Waals surface area contributed by atoms with Crippen molar-refractivity contribution in [2.45, 2.75) is 6.04 Å². The van der Waals surface area contributed by atoms with Crippen LogP contribution < -0.4 is 16.0 Å². The number of nitrogens with two attached hydrogens (primary N) is 1. The molecule has 2 aromatic rings. The average molecular weight is 274 g/mol. The highest BCUT2D eigenvalue weighted by molar-refractivity contribution is 5.42. The van der Waals surface area contributed by atoms with Gasteiger partial charge >= 0.3 is 0 Å². The smallest absolute Gasteiger partial charge is 0.231 e. The van der Waals surface area contributed by atoms with Gasteiger partial charge in [0.1, 0.15) is 0 Å². The standard InChI is InChI=1S/C13H18N6O/c1-19(2)13-17-11(14)16-12(18-13)15-10(8-20)9-6-4-3-5-7-9/h3-7,10,20H,8H2,1-2H3,(H3,14,15,16,17,18). The summed E-state index contributed by atoms with van der Waals surface area (Å²) in [7, 11) is 3.64. The first-order chi connectivity index (χ1) is 9.60. The minimum absolute atomic E-state index is 0.0765. The molecular weight excluding hydrogens is 256 g/mol. The second kappa shape index (κ2) is 6.16. The lowest BCUT2D eigenvalue weighted by atomic mass is 10.1. The van der Waals surface area contributed by atoms with Crippen LogP contribution in [0.4, 0.5) is 17.8 Å². The summed E-state index contributed by atoms with van der Waals surface area (Å²) in [4.78, 5) is 14.0. The van der Waals surface area contributed by atoms with Crippen LogP contribution in [0.1, 0.15) is 11.6 Å². The van der Waals surface area contributed by atoms with Crippen LogP contribution in [-0.4, -0.2) is 40.8 Å². The maximum absolute atomic E-state index is 9.51. The van der Waals surface area contributed by atoms with Crippen LogP contribution in [0.5, 0.6) is 0 Å². The molecule has 0 aliphatic carbocycles. The zero-order valence-electron chi connectivity index (χ0n) is 11.5. The molecule has 1 aromatic carbocycles. The van der Waals surface area contributed by atoms with Crippen molar-refractivity contribution >= 4 is 17.8 Å². The van der Waals surface area contributed by atoms with Crippen LogP contribution in [-0.2, 0) is 0 Å². The number of anilines is 3. The summed E-state index contributed by atoms with van der Waals surface area (Å²) in [5, 5.41) is 12.6. The van der Waals surface area contributed by atoms with Crippen LogP contribution in [0, 0.1) is 0 Å². The summed E-state index contributed by atoms with van der Waals surface area (Å²) >= 11 is 0. The maximum Gasteiger partial charge on any atom is 0.231 e. The van der Waals surface area contributed by atoms with E-state index in [-0.39, 0.29) is 18.6 Å². The third kappa shape index (κ3) is 3.33. The molecule has 0 saturated carbocycles. The number of rotatable bonds is 5. The molecule has 0 spiro atoms. The van der Waals surface area contributed by atoms with E-state index in [1.807, 2.05) is 44.4 Å². The number of benzene rings is 1. The highest BCUT2D eigenvalue weighted by Gasteiger charge is 2.13. The van der Waals surface area contributed by atoms with Gasteiger partial charge in [0.2, 0.25) is 17.8 Å². The van der Waals surface area contributed by atoms with Crippen molar-refractivity contribution in [3.05, 3.63) is 35.9 Å². The highest BCUT2D eigenvalue weighted by Crippen LogP contribution is 2.18. The fourth-order valence-corrected chi connectivity index (χ4v) is 1.72. The molecule has 0 fully saturated rings. The van der Waals surface area contributed by atoms with Crippen LogP contribution in [0.15, 0.2) is 30.3 Å². The number of aromatic nitrogens is 3. The minimum Gasteiger partial charge on any atom is -0.394 e. The van der Waals surface area contributed by atoms with Crippen LogP contribution in [0.25, 0.3) is 0 Å². The van der Waals surface area contributed by atoms with E-state index in [2.05, 4.69) is 20.3 Å². The number of nitrogens with one attached hydrogen (secondary N) is 1. The second-order valence-corrected chi connectivity index (χ2v) is 4.50. The van der Waals surface area contributed by atoms with Gasteiger partial charge in [-0.3, -0.25) is 0 Å². The van der Waals surface area contributed by atoms with Gasteiger partial charge in [-0.2, -0.15) is 15.0 Å². The molecule has 7 heteroatoms. The van der Waals surface area contributed by atoms with E-state index in [0.29, 0.717) is 11.9 Å². The van der Waals surface area contributed by atoms with E-state index in [1.165, 1.54) is 0 Å². The van der Waals surface area contributed by atoms with E-state index in [9.17, 15) is 5.11 Å². The van der Waals surface area contributed by atoms with Gasteiger partial charge in [-0.15, -0.1) is 0 Å². The average Bonchev–Trinajstić information content (AvgIpc) is 2.45. The normalized spacial score (nSPS) is 11.9. The van der Waals surface area contributed by atoms with Crippen molar-refractivity contribution < 1.29 is 5.11 Å². The number of nitrogens with zero attached hydrogens (tertiary/aromatic N) is 4. The van der Waals surface area contributed by atoms with Crippen molar-refractivity contribution in [3.8, 4) is 0 Å². The molecule has 0 radical (unpaired) electrons. The van der Waals surface area contributed by atoms with Crippen molar-refractivity contribution in [1.82, 2.24) is 15.0 Å². The Morgan fingerprint density at radius 2 is 1.90 bits per heavy atom. The lowest BCUT2D eigenvalue weighted by Gasteiger charge is -2.18. The van der Waals surface area contributed by atoms with Gasteiger partial charge in [0.15, 0.2) is 0 Å². The monoisotopic (exact) mass is 274 g/mol. The van der Waals surface area contributed by atoms with Gasteiger partial charge in [-0.05, 0) is 5.56 Å². The number of aliphatic hydroxyl groups is 1. The van der Waals surface area contributed by atoms with Gasteiger partial charge in [0.25, 0.3) is 0 Å². The summed E-state index contributed by atoms with van der Waals surface area (Å²) in [6.45, 7) is -0.0765. The lowest BCUT2D eigenvalue weighted by Crippen LogP contribution is -2.20. The largest absolute Gasteiger partial charge is 0.394 e. The number of aliphatic hydroxyl groups excluding tert-OH is 1. The number of hydrogen-bond acceptors (Lipinski definition) is 7. The Morgan fingerprint density at radius 3 is 2.50 bits per heavy atom. The quantitative estimate of drug-likeness (QED) is 0.736. The Hall–Kier alpha value is -2.41. The van der Waals surface area contributed by atoms with Crippen molar-refractivity contribution in [3.63, 3.8) is 0 Å². The molecule has 0 amide bonds. The highest BCUT2D eigenvalue weighted by atomic mass is 16.3. The van der Waals surface area contributed by atoms with Crippen LogP contribution in [0.2, 0.25) is 0 Å². The molecular formula is C13H18N6O. The first kappa shape index (κ1) is 14.0. The maximum atomic E-state index is 9.51. The molecule has 1 aromatic heterocycles. The van der Waals surface area contributed by atoms with Gasteiger partial charge in [-0.1, -0.05) is 30.3 Å². The predicted octanol–water partition coefficient (Wildman–Crippen LogP) is 0.665. The molecule has 1 unspecified atom stereocenters. The zero-order chi connectivity index (χ0) is 14.5. The molecule has 0 bridgehead atoms. The predicted molar refractivity (Wildman–Crippen MR) is 78.5 cm³/mol. The Bertz CT molecular complexity index is 560. The molecule has 2 rings (SSSR count). The number of hydrogen-bond donors (Lipinski definition) is 3. The van der Waals surface area contributed by atoms with E-state index in [4.69, 9.17) is 5.73 Å². The second-order valence-electron chi connectivity index (χ2n) is 4.50. The molecule has 20 heavy (non-hydrogen) atoms. The third-order valence-corrected chi connectivity index (χ3v) is 2.73. The Morgan fingerprint density at radius 1 is 1.20 bits per heavy atom. The summed E-state index contributed by atoms with van der Waals surface area (Å²) in [5.74, 6) is 0.935. The fourth-order valence-electron chi connectivity index (χ4n) is 1.72. The van der Waals surface area contributed by atoms with Crippen molar-refractivity contribution in [2.24, 2.45) is 0 Å². The molecule has 1 heterocycles. The van der Waals surface area contributed by atoms with E-state index in [0.717, 1.165) is 5.56 Å². The zero-order valence-corrected chi connectivity index (χ0v) is 11.5. The molecule has 4 N–H and O–H groups in total. The Labute approximate surface area is 117 Å². The van der Waals surface area contributed by atoms with Crippen LogP contribution in [0.3, 0.4) is 0 Å². The van der Waals surface area contributed by atoms with Gasteiger partial charge in [-0.25, -0.2) is 0 Å². The van der Waals surface area contributed by atoms with E-state index < -0.39 is 0 Å². The lowest BCUT2D eigenvalue weighted by molar-refractivity contribution is 0.276. The van der Waals surface area contributed by atoms with Gasteiger partial charge in [0, 0.05) is 14.1 Å². The molecule has 7 nitrogen and oxygen atoms in total. The SMILES string of the molecule is CN(C)c1nc(N)nc(NC(CO)c2ccccc2)n1. The third-order valence-electron chi connectivity index (χ3n) is 2.73. The first-order valence-corrected chi connectivity index (χ1v) is 6.21. The Kier molecular flexibility index (Phi) is 4.31. The Balaban J connectivity index is 2.24.